The Kier molecular flexibility index (Phi) is 6.41. The van der Waals surface area contributed by atoms with E-state index in [0.29, 0.717) is 12.2 Å². The minimum atomic E-state index is -1.26. The summed E-state index contributed by atoms with van der Waals surface area (Å²) < 4.78 is 5.82. The second-order valence-corrected chi connectivity index (χ2v) is 6.02. The Labute approximate surface area is 146 Å². The highest BCUT2D eigenvalue weighted by molar-refractivity contribution is 5.89. The highest BCUT2D eigenvalue weighted by atomic mass is 16.5. The number of likely N-dealkylation sites (N-methyl/N-ethyl adjacent to an activating group) is 1. The molecule has 7 nitrogen and oxygen atoms in total. The van der Waals surface area contributed by atoms with Gasteiger partial charge in [0.15, 0.2) is 0 Å². The van der Waals surface area contributed by atoms with Crippen molar-refractivity contribution in [1.82, 2.24) is 5.32 Å². The fraction of sp³-hybridized carbons (Fsp3) is 0.444. The van der Waals surface area contributed by atoms with Crippen LogP contribution in [0.3, 0.4) is 0 Å². The standard InChI is InChI=1S/C14H20N2O.C4H4O4/c1-10-12-4-6-15-5-3-11(12)9-13-14(10)16(2)7-8-17-13;5-3(6)1-2-4(7)8/h9,15H,3-8H2,1-2H3;1-2H,(H,5,6)(H,7,8)/b;2-1+. The van der Waals surface area contributed by atoms with Gasteiger partial charge in [0.2, 0.25) is 0 Å². The molecule has 25 heavy (non-hydrogen) atoms. The summed E-state index contributed by atoms with van der Waals surface area (Å²) >= 11 is 0. The van der Waals surface area contributed by atoms with Crippen LogP contribution in [-0.2, 0) is 22.4 Å². The van der Waals surface area contributed by atoms with Gasteiger partial charge < -0.3 is 25.2 Å². The molecule has 3 N–H and O–H groups in total. The second kappa shape index (κ2) is 8.53. The molecule has 7 heteroatoms. The monoisotopic (exact) mass is 348 g/mol. The molecule has 2 heterocycles. The van der Waals surface area contributed by atoms with E-state index in [1.54, 1.807) is 0 Å². The van der Waals surface area contributed by atoms with Crippen LogP contribution in [0.1, 0.15) is 16.7 Å². The lowest BCUT2D eigenvalue weighted by Crippen LogP contribution is -2.30. The fourth-order valence-electron chi connectivity index (χ4n) is 3.15. The van der Waals surface area contributed by atoms with E-state index >= 15 is 0 Å². The molecule has 0 atom stereocenters. The molecule has 0 amide bonds. The number of carboxylic acids is 2. The Morgan fingerprint density at radius 1 is 1.20 bits per heavy atom. The zero-order chi connectivity index (χ0) is 18.4. The summed E-state index contributed by atoms with van der Waals surface area (Å²) in [5, 5.41) is 19.1. The fourth-order valence-corrected chi connectivity index (χ4v) is 3.15. The third-order valence-electron chi connectivity index (χ3n) is 4.29. The van der Waals surface area contributed by atoms with Crippen LogP contribution in [0.4, 0.5) is 5.69 Å². The minimum absolute atomic E-state index is 0.558. The average molecular weight is 348 g/mol. The molecule has 0 saturated carbocycles. The number of fused-ring (bicyclic) bond motifs is 2. The molecule has 1 aromatic carbocycles. The summed E-state index contributed by atoms with van der Waals surface area (Å²) in [6.45, 7) is 6.22. The van der Waals surface area contributed by atoms with Gasteiger partial charge in [-0.2, -0.15) is 0 Å². The topological polar surface area (TPSA) is 99.1 Å². The number of hydrogen-bond donors (Lipinski definition) is 3. The first kappa shape index (κ1) is 18.8. The number of carboxylic acid groups (broad SMARTS) is 2. The lowest BCUT2D eigenvalue weighted by Gasteiger charge is -2.31. The van der Waals surface area contributed by atoms with Gasteiger partial charge in [0.05, 0.1) is 12.2 Å². The van der Waals surface area contributed by atoms with Gasteiger partial charge in [-0.1, -0.05) is 0 Å². The number of aliphatic carboxylic acids is 2. The predicted molar refractivity (Wildman–Crippen MR) is 94.6 cm³/mol. The van der Waals surface area contributed by atoms with Crippen molar-refractivity contribution in [3.05, 3.63) is 34.9 Å². The Balaban J connectivity index is 0.000000242. The van der Waals surface area contributed by atoms with Crippen molar-refractivity contribution in [2.45, 2.75) is 19.8 Å². The lowest BCUT2D eigenvalue weighted by molar-refractivity contribution is -0.134. The van der Waals surface area contributed by atoms with Gasteiger partial charge in [-0.25, -0.2) is 9.59 Å². The lowest BCUT2D eigenvalue weighted by atomic mass is 9.95. The zero-order valence-electron chi connectivity index (χ0n) is 14.5. The van der Waals surface area contributed by atoms with Crippen LogP contribution in [0.25, 0.3) is 0 Å². The van der Waals surface area contributed by atoms with E-state index in [2.05, 4.69) is 30.3 Å². The minimum Gasteiger partial charge on any atom is -0.490 e. The molecule has 2 aliphatic rings. The van der Waals surface area contributed by atoms with Gasteiger partial charge in [0.1, 0.15) is 12.4 Å². The summed E-state index contributed by atoms with van der Waals surface area (Å²) in [6.07, 6.45) is 3.38. The molecule has 0 bridgehead atoms. The van der Waals surface area contributed by atoms with Gasteiger partial charge >= 0.3 is 11.9 Å². The molecule has 0 radical (unpaired) electrons. The second-order valence-electron chi connectivity index (χ2n) is 6.02. The van der Waals surface area contributed by atoms with Crippen LogP contribution >= 0.6 is 0 Å². The summed E-state index contributed by atoms with van der Waals surface area (Å²) in [7, 11) is 2.16. The predicted octanol–water partition coefficient (Wildman–Crippen LogP) is 1.22. The largest absolute Gasteiger partial charge is 0.490 e. The Bertz CT molecular complexity index is 669. The molecular formula is C18H24N2O5. The summed E-state index contributed by atoms with van der Waals surface area (Å²) in [5.41, 5.74) is 5.73. The molecule has 2 aliphatic heterocycles. The number of nitrogens with zero attached hydrogens (tertiary/aromatic N) is 1. The maximum absolute atomic E-state index is 9.55. The van der Waals surface area contributed by atoms with Gasteiger partial charge in [-0.3, -0.25) is 0 Å². The van der Waals surface area contributed by atoms with E-state index in [1.807, 2.05) is 0 Å². The summed E-state index contributed by atoms with van der Waals surface area (Å²) in [5.74, 6) is -1.43. The molecule has 0 fully saturated rings. The first-order valence-electron chi connectivity index (χ1n) is 8.24. The average Bonchev–Trinajstić information content (AvgIpc) is 2.79. The normalized spacial score (nSPS) is 16.0. The van der Waals surface area contributed by atoms with Crippen molar-refractivity contribution in [2.24, 2.45) is 0 Å². The van der Waals surface area contributed by atoms with E-state index < -0.39 is 11.9 Å². The Hall–Kier alpha value is -2.54. The molecule has 0 saturated heterocycles. The Morgan fingerprint density at radius 2 is 1.84 bits per heavy atom. The number of ether oxygens (including phenoxy) is 1. The number of hydrogen-bond acceptors (Lipinski definition) is 5. The molecule has 136 valence electrons. The quantitative estimate of drug-likeness (QED) is 0.691. The first-order chi connectivity index (χ1) is 11.9. The number of nitrogens with one attached hydrogen (secondary N) is 1. The molecule has 0 aliphatic carbocycles. The summed E-state index contributed by atoms with van der Waals surface area (Å²) in [6, 6.07) is 2.26. The van der Waals surface area contributed by atoms with Crippen LogP contribution < -0.4 is 15.0 Å². The number of anilines is 1. The molecule has 3 rings (SSSR count). The van der Waals surface area contributed by atoms with E-state index in [-0.39, 0.29) is 0 Å². The van der Waals surface area contributed by atoms with E-state index in [0.717, 1.165) is 44.8 Å². The van der Waals surface area contributed by atoms with Crippen LogP contribution in [-0.4, -0.2) is 55.4 Å². The van der Waals surface area contributed by atoms with Gasteiger partial charge in [0, 0.05) is 19.2 Å². The highest BCUT2D eigenvalue weighted by Gasteiger charge is 2.22. The van der Waals surface area contributed by atoms with Gasteiger partial charge in [-0.15, -0.1) is 0 Å². The van der Waals surface area contributed by atoms with Crippen molar-refractivity contribution >= 4 is 17.6 Å². The van der Waals surface area contributed by atoms with E-state index in [1.165, 1.54) is 22.4 Å². The summed E-state index contributed by atoms with van der Waals surface area (Å²) in [4.78, 5) is 21.4. The molecular weight excluding hydrogens is 324 g/mol. The van der Waals surface area contributed by atoms with Gasteiger partial charge in [-0.05, 0) is 55.6 Å². The van der Waals surface area contributed by atoms with Crippen LogP contribution in [0.2, 0.25) is 0 Å². The number of carbonyl (C=O) groups is 2. The number of rotatable bonds is 2. The van der Waals surface area contributed by atoms with Crippen molar-refractivity contribution in [1.29, 1.82) is 0 Å². The van der Waals surface area contributed by atoms with Crippen molar-refractivity contribution in [3.8, 4) is 5.75 Å². The van der Waals surface area contributed by atoms with Crippen molar-refractivity contribution in [3.63, 3.8) is 0 Å². The van der Waals surface area contributed by atoms with Crippen LogP contribution in [0, 0.1) is 6.92 Å². The van der Waals surface area contributed by atoms with E-state index in [4.69, 9.17) is 14.9 Å². The molecule has 0 aromatic heterocycles. The van der Waals surface area contributed by atoms with Gasteiger partial charge in [0.25, 0.3) is 0 Å². The SMILES string of the molecule is Cc1c2c(cc3c1N(C)CCO3)CCNCC2.O=C(O)/C=C/C(=O)O. The maximum Gasteiger partial charge on any atom is 0.328 e. The molecule has 1 aromatic rings. The maximum atomic E-state index is 9.55. The van der Waals surface area contributed by atoms with E-state index in [9.17, 15) is 9.59 Å². The Morgan fingerprint density at radius 3 is 2.48 bits per heavy atom. The first-order valence-corrected chi connectivity index (χ1v) is 8.24. The third kappa shape index (κ3) is 4.96. The highest BCUT2D eigenvalue weighted by Crippen LogP contribution is 2.38. The molecule has 0 unspecified atom stereocenters. The smallest absolute Gasteiger partial charge is 0.328 e. The molecule has 0 spiro atoms. The zero-order valence-corrected chi connectivity index (χ0v) is 14.5. The van der Waals surface area contributed by atoms with Crippen molar-refractivity contribution < 1.29 is 24.5 Å². The third-order valence-corrected chi connectivity index (χ3v) is 4.29. The number of benzene rings is 1. The van der Waals surface area contributed by atoms with Crippen molar-refractivity contribution in [2.75, 3.05) is 38.2 Å². The van der Waals surface area contributed by atoms with Crippen LogP contribution in [0.15, 0.2) is 18.2 Å². The van der Waals surface area contributed by atoms with Crippen LogP contribution in [0.5, 0.6) is 5.75 Å².